The van der Waals surface area contributed by atoms with Crippen molar-refractivity contribution in [1.82, 2.24) is 24.7 Å². The average molecular weight is 324 g/mol. The zero-order valence-electron chi connectivity index (χ0n) is 13.0. The number of aryl methyl sites for hydroxylation is 3. The molecule has 3 heterocycles. The molecule has 0 fully saturated rings. The van der Waals surface area contributed by atoms with Crippen LogP contribution in [0.3, 0.4) is 0 Å². The zero-order valence-corrected chi connectivity index (χ0v) is 13.8. The average Bonchev–Trinajstić information content (AvgIpc) is 2.84. The second-order valence-electron chi connectivity index (χ2n) is 5.59. The molecular weight excluding hydrogens is 310 g/mol. The maximum Gasteiger partial charge on any atom is 0.253 e. The highest BCUT2D eigenvalue weighted by molar-refractivity contribution is 6.40. The second-order valence-corrected chi connectivity index (χ2v) is 5.97. The molecule has 0 radical (unpaired) electrons. The number of hydrogen-bond donors (Lipinski definition) is 0. The molecule has 0 bridgehead atoms. The van der Waals surface area contributed by atoms with Crippen LogP contribution in [-0.2, 0) is 0 Å². The Kier molecular flexibility index (Phi) is 3.06. The van der Waals surface area contributed by atoms with Crippen LogP contribution in [0.5, 0.6) is 0 Å². The summed E-state index contributed by atoms with van der Waals surface area (Å²) in [4.78, 5) is 13.7. The van der Waals surface area contributed by atoms with Crippen molar-refractivity contribution in [2.45, 2.75) is 20.8 Å². The van der Waals surface area contributed by atoms with Gasteiger partial charge in [-0.2, -0.15) is 9.78 Å². The van der Waals surface area contributed by atoms with Gasteiger partial charge >= 0.3 is 0 Å². The number of halogens is 1. The molecule has 1 aromatic carbocycles. The van der Waals surface area contributed by atoms with Gasteiger partial charge < -0.3 is 0 Å². The molecule has 0 atom stereocenters. The molecular formula is C17H14ClN5. The van der Waals surface area contributed by atoms with Gasteiger partial charge in [0, 0.05) is 16.8 Å². The Morgan fingerprint density at radius 1 is 0.957 bits per heavy atom. The SMILES string of the molecule is Cc1cc(C)nc(-n2nc(C)c3c(Cl)c4ccccc4nc32)n1. The Morgan fingerprint density at radius 3 is 2.39 bits per heavy atom. The van der Waals surface area contributed by atoms with Gasteiger partial charge in [0.05, 0.1) is 21.6 Å². The van der Waals surface area contributed by atoms with Crippen LogP contribution in [0.2, 0.25) is 5.02 Å². The van der Waals surface area contributed by atoms with E-state index in [1.807, 2.05) is 51.1 Å². The van der Waals surface area contributed by atoms with Crippen LogP contribution in [0.25, 0.3) is 27.9 Å². The van der Waals surface area contributed by atoms with E-state index < -0.39 is 0 Å². The van der Waals surface area contributed by atoms with Gasteiger partial charge in [0.25, 0.3) is 5.95 Å². The minimum atomic E-state index is 0.513. The fraction of sp³-hybridized carbons (Fsp3) is 0.176. The lowest BCUT2D eigenvalue weighted by Crippen LogP contribution is -2.06. The molecule has 0 saturated heterocycles. The molecule has 0 N–H and O–H groups in total. The van der Waals surface area contributed by atoms with Gasteiger partial charge in [-0.1, -0.05) is 29.8 Å². The number of hydrogen-bond acceptors (Lipinski definition) is 4. The van der Waals surface area contributed by atoms with E-state index in [9.17, 15) is 0 Å². The van der Waals surface area contributed by atoms with E-state index in [2.05, 4.69) is 15.1 Å². The van der Waals surface area contributed by atoms with Crippen LogP contribution in [0.1, 0.15) is 17.1 Å². The quantitative estimate of drug-likeness (QED) is 0.532. The Hall–Kier alpha value is -2.53. The first-order chi connectivity index (χ1) is 11.0. The highest BCUT2D eigenvalue weighted by atomic mass is 35.5. The topological polar surface area (TPSA) is 56.5 Å². The lowest BCUT2D eigenvalue weighted by molar-refractivity contribution is 0.798. The van der Waals surface area contributed by atoms with E-state index in [0.717, 1.165) is 33.4 Å². The number of fused-ring (bicyclic) bond motifs is 2. The number of benzene rings is 1. The van der Waals surface area contributed by atoms with Gasteiger partial charge in [-0.3, -0.25) is 0 Å². The summed E-state index contributed by atoms with van der Waals surface area (Å²) in [5.74, 6) is 0.513. The van der Waals surface area contributed by atoms with Crippen molar-refractivity contribution in [2.24, 2.45) is 0 Å². The van der Waals surface area contributed by atoms with E-state index in [1.165, 1.54) is 0 Å². The third-order valence-electron chi connectivity index (χ3n) is 3.78. The Labute approximate surface area is 138 Å². The van der Waals surface area contributed by atoms with Gasteiger partial charge in [0.15, 0.2) is 5.65 Å². The van der Waals surface area contributed by atoms with E-state index in [1.54, 1.807) is 4.68 Å². The maximum atomic E-state index is 6.61. The lowest BCUT2D eigenvalue weighted by Gasteiger charge is -2.05. The molecule has 5 nitrogen and oxygen atoms in total. The van der Waals surface area contributed by atoms with E-state index >= 15 is 0 Å². The smallest absolute Gasteiger partial charge is 0.228 e. The van der Waals surface area contributed by atoms with Crippen LogP contribution in [0.15, 0.2) is 30.3 Å². The number of pyridine rings is 1. The van der Waals surface area contributed by atoms with Gasteiger partial charge in [0.2, 0.25) is 0 Å². The lowest BCUT2D eigenvalue weighted by atomic mass is 10.1. The highest BCUT2D eigenvalue weighted by Gasteiger charge is 2.18. The molecule has 6 heteroatoms. The van der Waals surface area contributed by atoms with Crippen LogP contribution in [0, 0.1) is 20.8 Å². The van der Waals surface area contributed by atoms with Gasteiger partial charge in [-0.15, -0.1) is 0 Å². The van der Waals surface area contributed by atoms with Gasteiger partial charge in [0.1, 0.15) is 0 Å². The summed E-state index contributed by atoms with van der Waals surface area (Å²) < 4.78 is 1.67. The van der Waals surface area contributed by atoms with Crippen molar-refractivity contribution in [3.8, 4) is 5.95 Å². The van der Waals surface area contributed by atoms with E-state index in [4.69, 9.17) is 16.6 Å². The second kappa shape index (κ2) is 4.99. The molecule has 23 heavy (non-hydrogen) atoms. The predicted octanol–water partition coefficient (Wildman–Crippen LogP) is 3.94. The number of rotatable bonds is 1. The molecule has 0 aliphatic carbocycles. The fourth-order valence-corrected chi connectivity index (χ4v) is 3.20. The minimum absolute atomic E-state index is 0.513. The minimum Gasteiger partial charge on any atom is -0.228 e. The van der Waals surface area contributed by atoms with E-state index in [-0.39, 0.29) is 0 Å². The van der Waals surface area contributed by atoms with Crippen LogP contribution in [0.4, 0.5) is 0 Å². The van der Waals surface area contributed by atoms with Crippen LogP contribution >= 0.6 is 11.6 Å². The summed E-state index contributed by atoms with van der Waals surface area (Å²) in [5.41, 5.74) is 4.10. The zero-order chi connectivity index (χ0) is 16.1. The summed E-state index contributed by atoms with van der Waals surface area (Å²) in [6, 6.07) is 9.73. The predicted molar refractivity (Wildman–Crippen MR) is 91.2 cm³/mol. The summed E-state index contributed by atoms with van der Waals surface area (Å²) >= 11 is 6.61. The summed E-state index contributed by atoms with van der Waals surface area (Å²) in [5, 5.41) is 7.00. The third kappa shape index (κ3) is 2.16. The van der Waals surface area contributed by atoms with Crippen molar-refractivity contribution in [2.75, 3.05) is 0 Å². The molecule has 3 aromatic heterocycles. The first-order valence-corrected chi connectivity index (χ1v) is 7.68. The van der Waals surface area contributed by atoms with Gasteiger partial charge in [-0.25, -0.2) is 15.0 Å². The van der Waals surface area contributed by atoms with Crippen LogP contribution in [-0.4, -0.2) is 24.7 Å². The largest absolute Gasteiger partial charge is 0.253 e. The Balaban J connectivity index is 2.12. The standard InChI is InChI=1S/C17H14ClN5/c1-9-8-10(2)20-17(19-9)23-16-14(11(3)22-23)15(18)12-6-4-5-7-13(12)21-16/h4-8H,1-3H3. The monoisotopic (exact) mass is 323 g/mol. The normalized spacial score (nSPS) is 11.5. The molecule has 114 valence electrons. The molecule has 0 saturated carbocycles. The molecule has 0 aliphatic rings. The fourth-order valence-electron chi connectivity index (χ4n) is 2.82. The Bertz CT molecular complexity index is 1050. The van der Waals surface area contributed by atoms with Crippen molar-refractivity contribution >= 4 is 33.5 Å². The first-order valence-electron chi connectivity index (χ1n) is 7.31. The number of para-hydroxylation sites is 1. The molecule has 0 unspecified atom stereocenters. The molecule has 4 rings (SSSR count). The van der Waals surface area contributed by atoms with Crippen molar-refractivity contribution < 1.29 is 0 Å². The number of aromatic nitrogens is 5. The van der Waals surface area contributed by atoms with Crippen molar-refractivity contribution in [1.29, 1.82) is 0 Å². The molecule has 0 aliphatic heterocycles. The molecule has 4 aromatic rings. The summed E-state index contributed by atoms with van der Waals surface area (Å²) in [7, 11) is 0. The van der Waals surface area contributed by atoms with Crippen molar-refractivity contribution in [3.63, 3.8) is 0 Å². The van der Waals surface area contributed by atoms with E-state index in [0.29, 0.717) is 16.6 Å². The summed E-state index contributed by atoms with van der Waals surface area (Å²) in [6.45, 7) is 5.79. The van der Waals surface area contributed by atoms with Crippen LogP contribution < -0.4 is 0 Å². The Morgan fingerprint density at radius 2 is 1.65 bits per heavy atom. The molecule has 0 spiro atoms. The molecule has 0 amide bonds. The highest BCUT2D eigenvalue weighted by Crippen LogP contribution is 2.32. The van der Waals surface area contributed by atoms with Crippen molar-refractivity contribution in [3.05, 3.63) is 52.4 Å². The maximum absolute atomic E-state index is 6.61. The van der Waals surface area contributed by atoms with Gasteiger partial charge in [-0.05, 0) is 32.9 Å². The summed E-state index contributed by atoms with van der Waals surface area (Å²) in [6.07, 6.45) is 0. The third-order valence-corrected chi connectivity index (χ3v) is 4.17. The first kappa shape index (κ1) is 14.1. The number of nitrogens with zero attached hydrogens (tertiary/aromatic N) is 5.